The highest BCUT2D eigenvalue weighted by Gasteiger charge is 2.34. The zero-order valence-electron chi connectivity index (χ0n) is 18.3. The van der Waals surface area contributed by atoms with Gasteiger partial charge in [0.1, 0.15) is 6.54 Å². The third kappa shape index (κ3) is 4.66. The normalized spacial score (nSPS) is 19.8. The summed E-state index contributed by atoms with van der Waals surface area (Å²) in [6.07, 6.45) is 3.81. The Morgan fingerprint density at radius 1 is 1.06 bits per heavy atom. The fourth-order valence-electron chi connectivity index (χ4n) is 4.29. The number of likely N-dealkylation sites (N-methyl/N-ethyl adjacent to an activating group) is 1. The van der Waals surface area contributed by atoms with Crippen molar-refractivity contribution in [2.75, 3.05) is 45.2 Å². The summed E-state index contributed by atoms with van der Waals surface area (Å²) in [6.45, 7) is 4.45. The van der Waals surface area contributed by atoms with Crippen molar-refractivity contribution in [2.24, 2.45) is 0 Å². The number of morpholine rings is 1. The number of hydrogen-bond acceptors (Lipinski definition) is 5. The van der Waals surface area contributed by atoms with Crippen LogP contribution in [-0.2, 0) is 27.4 Å². The molecule has 9 nitrogen and oxygen atoms in total. The fourth-order valence-corrected chi connectivity index (χ4v) is 4.29. The summed E-state index contributed by atoms with van der Waals surface area (Å²) in [6, 6.07) is 7.26. The molecule has 2 aromatic rings. The maximum Gasteiger partial charge on any atom is 0.327 e. The Morgan fingerprint density at radius 3 is 2.58 bits per heavy atom. The molecule has 0 aliphatic carbocycles. The van der Waals surface area contributed by atoms with Gasteiger partial charge < -0.3 is 19.9 Å². The van der Waals surface area contributed by atoms with Crippen LogP contribution >= 0.6 is 12.4 Å². The number of benzene rings is 1. The van der Waals surface area contributed by atoms with E-state index in [9.17, 15) is 14.4 Å². The van der Waals surface area contributed by atoms with Gasteiger partial charge in [-0.1, -0.05) is 6.07 Å². The molecule has 1 aromatic heterocycles. The molecule has 3 aliphatic rings. The number of urea groups is 1. The molecule has 0 radical (unpaired) electrons. The highest BCUT2D eigenvalue weighted by molar-refractivity contribution is 6.34. The van der Waals surface area contributed by atoms with Crippen molar-refractivity contribution < 1.29 is 19.1 Å². The van der Waals surface area contributed by atoms with Crippen molar-refractivity contribution in [3.8, 4) is 0 Å². The van der Waals surface area contributed by atoms with Crippen molar-refractivity contribution in [3.63, 3.8) is 0 Å². The van der Waals surface area contributed by atoms with Crippen molar-refractivity contribution in [1.82, 2.24) is 19.7 Å². The Bertz CT molecular complexity index is 1120. The SMILES string of the molecule is CN1CC(=O)N(Cc2ccc3c(c2)C(=Cc2cc(CN4CCOCC4)c[nH]2)C(=O)N3)C1=O.Cl. The first-order chi connectivity index (χ1) is 15.5. The lowest BCUT2D eigenvalue weighted by Gasteiger charge is -2.25. The molecule has 10 heteroatoms. The van der Waals surface area contributed by atoms with E-state index in [4.69, 9.17) is 4.74 Å². The minimum Gasteiger partial charge on any atom is -0.379 e. The molecule has 3 aliphatic heterocycles. The van der Waals surface area contributed by atoms with Gasteiger partial charge in [0, 0.05) is 49.8 Å². The predicted octanol–water partition coefficient (Wildman–Crippen LogP) is 2.16. The fraction of sp³-hybridized carbons (Fsp3) is 0.348. The lowest BCUT2D eigenvalue weighted by atomic mass is 10.0. The third-order valence-electron chi connectivity index (χ3n) is 6.01. The standard InChI is InChI=1S/C23H25N5O4.ClH/c1-26-14-21(29)28(23(26)31)13-15-2-3-20-18(9-15)19(22(30)25-20)10-17-8-16(11-24-17)12-27-4-6-32-7-5-27;/h2-3,8-11,24H,4-7,12-14H2,1H3,(H,25,30);1H. The molecule has 0 spiro atoms. The lowest BCUT2D eigenvalue weighted by Crippen LogP contribution is -2.35. The summed E-state index contributed by atoms with van der Waals surface area (Å²) < 4.78 is 5.40. The molecule has 0 saturated carbocycles. The van der Waals surface area contributed by atoms with E-state index in [1.54, 1.807) is 7.05 Å². The molecule has 0 bridgehead atoms. The molecule has 174 valence electrons. The number of aromatic amines is 1. The largest absolute Gasteiger partial charge is 0.379 e. The van der Waals surface area contributed by atoms with Gasteiger partial charge in [0.2, 0.25) is 0 Å². The van der Waals surface area contributed by atoms with Crippen molar-refractivity contribution in [1.29, 1.82) is 0 Å². The van der Waals surface area contributed by atoms with Crippen LogP contribution in [0.2, 0.25) is 0 Å². The first kappa shape index (κ1) is 23.0. The first-order valence-electron chi connectivity index (χ1n) is 10.7. The average Bonchev–Trinajstić information content (AvgIpc) is 3.42. The van der Waals surface area contributed by atoms with Crippen LogP contribution in [0.4, 0.5) is 10.5 Å². The van der Waals surface area contributed by atoms with Crippen molar-refractivity contribution >= 4 is 47.6 Å². The molecule has 33 heavy (non-hydrogen) atoms. The van der Waals surface area contributed by atoms with E-state index in [1.165, 1.54) is 9.80 Å². The molecule has 0 atom stereocenters. The number of rotatable bonds is 5. The van der Waals surface area contributed by atoms with Crippen LogP contribution < -0.4 is 5.32 Å². The zero-order chi connectivity index (χ0) is 22.2. The van der Waals surface area contributed by atoms with Crippen LogP contribution in [0.25, 0.3) is 11.6 Å². The quantitative estimate of drug-likeness (QED) is 0.514. The van der Waals surface area contributed by atoms with Gasteiger partial charge in [-0.25, -0.2) is 4.79 Å². The minimum absolute atomic E-state index is 0. The number of carbonyl (C=O) groups excluding carboxylic acids is 3. The monoisotopic (exact) mass is 471 g/mol. The molecular weight excluding hydrogens is 446 g/mol. The van der Waals surface area contributed by atoms with Gasteiger partial charge in [0.05, 0.1) is 25.3 Å². The van der Waals surface area contributed by atoms with Gasteiger partial charge in [-0.05, 0) is 35.4 Å². The Labute approximate surface area is 197 Å². The second-order valence-corrected chi connectivity index (χ2v) is 8.36. The van der Waals surface area contributed by atoms with Crippen LogP contribution in [0.3, 0.4) is 0 Å². The van der Waals surface area contributed by atoms with E-state index in [0.717, 1.165) is 60.9 Å². The summed E-state index contributed by atoms with van der Waals surface area (Å²) in [4.78, 5) is 45.1. The Balaban J connectivity index is 0.00000259. The second kappa shape index (κ2) is 9.38. The summed E-state index contributed by atoms with van der Waals surface area (Å²) in [5.74, 6) is -0.392. The lowest BCUT2D eigenvalue weighted by molar-refractivity contribution is -0.125. The summed E-state index contributed by atoms with van der Waals surface area (Å²) in [7, 11) is 1.61. The Kier molecular flexibility index (Phi) is 6.55. The third-order valence-corrected chi connectivity index (χ3v) is 6.01. The maximum absolute atomic E-state index is 12.6. The van der Waals surface area contributed by atoms with Crippen LogP contribution in [-0.4, -0.2) is 77.4 Å². The molecule has 4 heterocycles. The number of ether oxygens (including phenoxy) is 1. The van der Waals surface area contributed by atoms with Gasteiger partial charge >= 0.3 is 6.03 Å². The Hall–Kier alpha value is -3.14. The van der Waals surface area contributed by atoms with Gasteiger partial charge in [-0.2, -0.15) is 0 Å². The number of halogens is 1. The van der Waals surface area contributed by atoms with E-state index in [0.29, 0.717) is 5.57 Å². The molecule has 1 aromatic carbocycles. The second-order valence-electron chi connectivity index (χ2n) is 8.36. The predicted molar refractivity (Wildman–Crippen MR) is 126 cm³/mol. The van der Waals surface area contributed by atoms with Crippen LogP contribution in [0.1, 0.15) is 22.4 Å². The van der Waals surface area contributed by atoms with E-state index < -0.39 is 0 Å². The zero-order valence-corrected chi connectivity index (χ0v) is 19.1. The van der Waals surface area contributed by atoms with Crippen LogP contribution in [0.15, 0.2) is 30.5 Å². The molecule has 2 fully saturated rings. The number of amides is 4. The number of imide groups is 1. The molecule has 0 unspecified atom stereocenters. The number of nitrogens with zero attached hydrogens (tertiary/aromatic N) is 3. The average molecular weight is 472 g/mol. The number of aromatic nitrogens is 1. The molecule has 2 saturated heterocycles. The van der Waals surface area contributed by atoms with Crippen molar-refractivity contribution in [2.45, 2.75) is 13.1 Å². The summed E-state index contributed by atoms with van der Waals surface area (Å²) in [5.41, 5.74) is 4.84. The van der Waals surface area contributed by atoms with Crippen LogP contribution in [0, 0.1) is 0 Å². The summed E-state index contributed by atoms with van der Waals surface area (Å²) >= 11 is 0. The summed E-state index contributed by atoms with van der Waals surface area (Å²) in [5, 5.41) is 2.89. The number of anilines is 1. The number of fused-ring (bicyclic) bond motifs is 1. The number of hydrogen-bond donors (Lipinski definition) is 2. The van der Waals surface area contributed by atoms with Gasteiger partial charge in [-0.3, -0.25) is 19.4 Å². The van der Waals surface area contributed by atoms with Crippen molar-refractivity contribution in [3.05, 3.63) is 52.8 Å². The van der Waals surface area contributed by atoms with Gasteiger partial charge in [0.25, 0.3) is 11.8 Å². The molecular formula is C23H26ClN5O4. The number of carbonyl (C=O) groups is 3. The smallest absolute Gasteiger partial charge is 0.327 e. The number of nitrogens with one attached hydrogen (secondary N) is 2. The molecule has 2 N–H and O–H groups in total. The Morgan fingerprint density at radius 2 is 1.85 bits per heavy atom. The van der Waals surface area contributed by atoms with E-state index >= 15 is 0 Å². The number of H-pyrrole nitrogens is 1. The van der Waals surface area contributed by atoms with Crippen LogP contribution in [0.5, 0.6) is 0 Å². The van der Waals surface area contributed by atoms with Gasteiger partial charge in [-0.15, -0.1) is 12.4 Å². The minimum atomic E-state index is -0.306. The van der Waals surface area contributed by atoms with E-state index in [-0.39, 0.29) is 43.3 Å². The van der Waals surface area contributed by atoms with E-state index in [2.05, 4.69) is 21.3 Å². The topological polar surface area (TPSA) is 98.0 Å². The van der Waals surface area contributed by atoms with E-state index in [1.807, 2.05) is 30.5 Å². The molecule has 5 rings (SSSR count). The highest BCUT2D eigenvalue weighted by Crippen LogP contribution is 2.34. The maximum atomic E-state index is 12.6. The van der Waals surface area contributed by atoms with Gasteiger partial charge in [0.15, 0.2) is 0 Å². The first-order valence-corrected chi connectivity index (χ1v) is 10.7. The molecule has 4 amide bonds. The highest BCUT2D eigenvalue weighted by atomic mass is 35.5.